The van der Waals surface area contributed by atoms with Gasteiger partial charge in [0.15, 0.2) is 0 Å². The van der Waals surface area contributed by atoms with Crippen LogP contribution in [-0.2, 0) is 0 Å². The second kappa shape index (κ2) is 5.97. The molecule has 0 amide bonds. The third-order valence-corrected chi connectivity index (χ3v) is 4.93. The molecule has 0 heterocycles. The van der Waals surface area contributed by atoms with Crippen LogP contribution in [0.1, 0.15) is 49.3 Å². The summed E-state index contributed by atoms with van der Waals surface area (Å²) in [7, 11) is 2.11. The van der Waals surface area contributed by atoms with Gasteiger partial charge in [0, 0.05) is 6.04 Å². The van der Waals surface area contributed by atoms with Gasteiger partial charge in [-0.2, -0.15) is 0 Å². The lowest BCUT2D eigenvalue weighted by Crippen LogP contribution is -2.20. The Morgan fingerprint density at radius 3 is 2.60 bits per heavy atom. The van der Waals surface area contributed by atoms with Crippen LogP contribution >= 0.6 is 0 Å². The molecule has 3 rings (SSSR count). The van der Waals surface area contributed by atoms with E-state index in [9.17, 15) is 0 Å². The van der Waals surface area contributed by atoms with Gasteiger partial charge in [0.05, 0.1) is 0 Å². The molecule has 0 aromatic heterocycles. The molecule has 0 saturated heterocycles. The van der Waals surface area contributed by atoms with Gasteiger partial charge in [0.25, 0.3) is 0 Å². The maximum absolute atomic E-state index is 3.58. The first-order valence-corrected chi connectivity index (χ1v) is 7.95. The van der Waals surface area contributed by atoms with Gasteiger partial charge in [-0.15, -0.1) is 0 Å². The highest BCUT2D eigenvalue weighted by atomic mass is 14.9. The van der Waals surface area contributed by atoms with Crippen LogP contribution < -0.4 is 5.32 Å². The minimum absolute atomic E-state index is 0.490. The zero-order valence-corrected chi connectivity index (χ0v) is 12.7. The largest absolute Gasteiger partial charge is 0.313 e. The first-order chi connectivity index (χ1) is 9.79. The van der Waals surface area contributed by atoms with Crippen molar-refractivity contribution < 1.29 is 0 Å². The van der Waals surface area contributed by atoms with Gasteiger partial charge in [0.2, 0.25) is 0 Å². The van der Waals surface area contributed by atoms with Crippen LogP contribution in [0.2, 0.25) is 0 Å². The van der Waals surface area contributed by atoms with Crippen LogP contribution in [0.15, 0.2) is 36.4 Å². The summed E-state index contributed by atoms with van der Waals surface area (Å²) in [6.07, 6.45) is 6.97. The van der Waals surface area contributed by atoms with Crippen LogP contribution in [0, 0.1) is 12.8 Å². The Kier molecular flexibility index (Phi) is 4.07. The van der Waals surface area contributed by atoms with Crippen LogP contribution in [0.3, 0.4) is 0 Å². The van der Waals surface area contributed by atoms with Gasteiger partial charge in [-0.1, -0.05) is 62.1 Å². The molecule has 1 fully saturated rings. The Morgan fingerprint density at radius 1 is 1.10 bits per heavy atom. The van der Waals surface area contributed by atoms with Crippen LogP contribution in [0.5, 0.6) is 0 Å². The molecule has 1 N–H and O–H groups in total. The summed E-state index contributed by atoms with van der Waals surface area (Å²) < 4.78 is 0. The zero-order chi connectivity index (χ0) is 13.9. The predicted octanol–water partition coefficient (Wildman–Crippen LogP) is 4.99. The molecule has 1 heteroatoms. The highest BCUT2D eigenvalue weighted by Gasteiger charge is 2.22. The summed E-state index contributed by atoms with van der Waals surface area (Å²) in [5, 5.41) is 6.36. The SMILES string of the molecule is CNC(CC1CCCC1)c1c(C)ccc2ccccc12. The van der Waals surface area contributed by atoms with E-state index < -0.39 is 0 Å². The Balaban J connectivity index is 1.99. The quantitative estimate of drug-likeness (QED) is 0.823. The summed E-state index contributed by atoms with van der Waals surface area (Å²) in [6.45, 7) is 2.25. The number of benzene rings is 2. The molecule has 0 radical (unpaired) electrons. The molecule has 0 bridgehead atoms. The van der Waals surface area contributed by atoms with E-state index in [0.29, 0.717) is 6.04 Å². The highest BCUT2D eigenvalue weighted by molar-refractivity contribution is 5.87. The molecule has 20 heavy (non-hydrogen) atoms. The van der Waals surface area contributed by atoms with Crippen molar-refractivity contribution in [1.29, 1.82) is 0 Å². The molecule has 0 spiro atoms. The normalized spacial score (nSPS) is 17.7. The van der Waals surface area contributed by atoms with Crippen molar-refractivity contribution in [3.05, 3.63) is 47.5 Å². The second-order valence-corrected chi connectivity index (χ2v) is 6.24. The third kappa shape index (κ3) is 2.60. The lowest BCUT2D eigenvalue weighted by Gasteiger charge is -2.24. The van der Waals surface area contributed by atoms with Crippen molar-refractivity contribution in [2.45, 2.75) is 45.1 Å². The van der Waals surface area contributed by atoms with Gasteiger partial charge in [-0.25, -0.2) is 0 Å². The molecular formula is C19H25N. The molecule has 2 aromatic carbocycles. The maximum Gasteiger partial charge on any atom is 0.0328 e. The third-order valence-electron chi connectivity index (χ3n) is 4.93. The minimum Gasteiger partial charge on any atom is -0.313 e. The Hall–Kier alpha value is -1.34. The fraction of sp³-hybridized carbons (Fsp3) is 0.474. The fourth-order valence-electron chi connectivity index (χ4n) is 3.83. The van der Waals surface area contributed by atoms with Gasteiger partial charge in [-0.3, -0.25) is 0 Å². The lowest BCUT2D eigenvalue weighted by molar-refractivity contribution is 0.414. The van der Waals surface area contributed by atoms with Crippen molar-refractivity contribution in [2.24, 2.45) is 5.92 Å². The van der Waals surface area contributed by atoms with E-state index in [4.69, 9.17) is 0 Å². The minimum atomic E-state index is 0.490. The molecule has 0 aliphatic heterocycles. The fourth-order valence-corrected chi connectivity index (χ4v) is 3.83. The number of hydrogen-bond donors (Lipinski definition) is 1. The molecular weight excluding hydrogens is 242 g/mol. The lowest BCUT2D eigenvalue weighted by atomic mass is 9.88. The van der Waals surface area contributed by atoms with E-state index in [1.165, 1.54) is 54.0 Å². The molecule has 1 saturated carbocycles. The monoisotopic (exact) mass is 267 g/mol. The van der Waals surface area contributed by atoms with Gasteiger partial charge >= 0.3 is 0 Å². The Bertz CT molecular complexity index is 581. The van der Waals surface area contributed by atoms with Gasteiger partial charge < -0.3 is 5.32 Å². The van der Waals surface area contributed by atoms with E-state index in [-0.39, 0.29) is 0 Å². The zero-order valence-electron chi connectivity index (χ0n) is 12.7. The standard InChI is InChI=1S/C19H25N/c1-14-11-12-16-9-5-6-10-17(16)19(14)18(20-2)13-15-7-3-4-8-15/h5-6,9-12,15,18,20H,3-4,7-8,13H2,1-2H3. The first-order valence-electron chi connectivity index (χ1n) is 7.95. The molecule has 1 aliphatic carbocycles. The number of nitrogens with one attached hydrogen (secondary N) is 1. The number of aryl methyl sites for hydroxylation is 1. The summed E-state index contributed by atoms with van der Waals surface area (Å²) in [4.78, 5) is 0. The Morgan fingerprint density at radius 2 is 1.85 bits per heavy atom. The van der Waals surface area contributed by atoms with Crippen LogP contribution in [-0.4, -0.2) is 7.05 Å². The molecule has 1 unspecified atom stereocenters. The van der Waals surface area contributed by atoms with Crippen molar-refractivity contribution in [3.63, 3.8) is 0 Å². The average molecular weight is 267 g/mol. The van der Waals surface area contributed by atoms with Crippen molar-refractivity contribution in [3.8, 4) is 0 Å². The van der Waals surface area contributed by atoms with Gasteiger partial charge in [-0.05, 0) is 48.2 Å². The van der Waals surface area contributed by atoms with E-state index in [0.717, 1.165) is 5.92 Å². The van der Waals surface area contributed by atoms with E-state index >= 15 is 0 Å². The summed E-state index contributed by atoms with van der Waals surface area (Å²) in [5.41, 5.74) is 2.93. The number of hydrogen-bond acceptors (Lipinski definition) is 1. The predicted molar refractivity (Wildman–Crippen MR) is 87.1 cm³/mol. The summed E-state index contributed by atoms with van der Waals surface area (Å²) >= 11 is 0. The molecule has 106 valence electrons. The Labute approximate surface area is 122 Å². The molecule has 2 aromatic rings. The average Bonchev–Trinajstić information content (AvgIpc) is 2.98. The van der Waals surface area contributed by atoms with E-state index in [2.05, 4.69) is 55.7 Å². The summed E-state index contributed by atoms with van der Waals surface area (Å²) in [6, 6.07) is 13.8. The van der Waals surface area contributed by atoms with E-state index in [1.807, 2.05) is 0 Å². The van der Waals surface area contributed by atoms with Crippen molar-refractivity contribution >= 4 is 10.8 Å². The second-order valence-electron chi connectivity index (χ2n) is 6.24. The molecule has 1 aliphatic rings. The smallest absolute Gasteiger partial charge is 0.0328 e. The number of rotatable bonds is 4. The molecule has 1 nitrogen and oxygen atoms in total. The maximum atomic E-state index is 3.58. The summed E-state index contributed by atoms with van der Waals surface area (Å²) in [5.74, 6) is 0.908. The van der Waals surface area contributed by atoms with Gasteiger partial charge in [0.1, 0.15) is 0 Å². The van der Waals surface area contributed by atoms with Crippen molar-refractivity contribution in [2.75, 3.05) is 7.05 Å². The van der Waals surface area contributed by atoms with Crippen LogP contribution in [0.4, 0.5) is 0 Å². The molecule has 1 atom stereocenters. The first kappa shape index (κ1) is 13.6. The van der Waals surface area contributed by atoms with Crippen molar-refractivity contribution in [1.82, 2.24) is 5.32 Å². The van der Waals surface area contributed by atoms with E-state index in [1.54, 1.807) is 0 Å². The topological polar surface area (TPSA) is 12.0 Å². The highest BCUT2D eigenvalue weighted by Crippen LogP contribution is 2.36. The number of fused-ring (bicyclic) bond motifs is 1. The van der Waals surface area contributed by atoms with Crippen LogP contribution in [0.25, 0.3) is 10.8 Å².